The molecule has 0 aliphatic carbocycles. The molecule has 0 radical (unpaired) electrons. The molecule has 220 valence electrons. The molecule has 6 heteroatoms. The van der Waals surface area contributed by atoms with Crippen LogP contribution < -0.4 is 4.74 Å². The number of phenolic OH excluding ortho intramolecular Hbond substituents is 1. The highest BCUT2D eigenvalue weighted by atomic mass is 79.9. The van der Waals surface area contributed by atoms with Gasteiger partial charge in [0.15, 0.2) is 4.75 Å². The Balaban J connectivity index is 1.69. The van der Waals surface area contributed by atoms with E-state index in [1.54, 1.807) is 0 Å². The van der Waals surface area contributed by atoms with Crippen molar-refractivity contribution in [3.05, 3.63) is 129 Å². The van der Waals surface area contributed by atoms with Gasteiger partial charge in [-0.15, -0.1) is 0 Å². The number of amides is 1. The number of nitrogens with zero attached hydrogens (tertiary/aromatic N) is 1. The van der Waals surface area contributed by atoms with Crippen molar-refractivity contribution in [2.24, 2.45) is 4.99 Å². The minimum Gasteiger partial charge on any atom is -0.507 e. The van der Waals surface area contributed by atoms with Crippen LogP contribution in [0.15, 0.2) is 100 Å². The number of phenols is 1. The summed E-state index contributed by atoms with van der Waals surface area (Å²) in [5, 5.41) is 12.3. The van der Waals surface area contributed by atoms with Crippen LogP contribution in [0.4, 0.5) is 0 Å². The molecule has 43 heavy (non-hydrogen) atoms. The van der Waals surface area contributed by atoms with E-state index in [1.807, 2.05) is 72.8 Å². The molecular weight excluding hydrogens is 618 g/mol. The van der Waals surface area contributed by atoms with E-state index in [4.69, 9.17) is 9.73 Å². The molecular formula is C37H36BrNO3S. The van der Waals surface area contributed by atoms with E-state index in [1.165, 1.54) is 11.8 Å². The SMILES string of the molecule is CC(C)(C)c1cc([C@@H]2c3ccc(Br)cc3O[C@H](c3ccccc3)[C@]23SC(c2ccccc2)=NC3=O)cc(C(C)(C)C)c1O. The van der Waals surface area contributed by atoms with E-state index in [2.05, 4.69) is 75.7 Å². The Morgan fingerprint density at radius 3 is 1.98 bits per heavy atom. The number of hydrogen-bond acceptors (Lipinski definition) is 4. The maximum atomic E-state index is 14.7. The fourth-order valence-electron chi connectivity index (χ4n) is 6.24. The lowest BCUT2D eigenvalue weighted by molar-refractivity contribution is -0.123. The van der Waals surface area contributed by atoms with Crippen LogP contribution in [-0.2, 0) is 15.6 Å². The monoisotopic (exact) mass is 653 g/mol. The van der Waals surface area contributed by atoms with Crippen LogP contribution in [0.5, 0.6) is 11.5 Å². The Morgan fingerprint density at radius 2 is 1.40 bits per heavy atom. The third kappa shape index (κ3) is 5.12. The van der Waals surface area contributed by atoms with Crippen molar-refractivity contribution in [3.8, 4) is 11.5 Å². The lowest BCUT2D eigenvalue weighted by Gasteiger charge is -2.46. The Kier molecular flexibility index (Phi) is 7.37. The maximum Gasteiger partial charge on any atom is 0.268 e. The molecule has 1 spiro atoms. The number of carbonyl (C=O) groups is 1. The zero-order chi connectivity index (χ0) is 30.7. The predicted octanol–water partition coefficient (Wildman–Crippen LogP) is 9.47. The fourth-order valence-corrected chi connectivity index (χ4v) is 8.09. The highest BCUT2D eigenvalue weighted by molar-refractivity contribution is 9.10. The molecule has 0 saturated heterocycles. The lowest BCUT2D eigenvalue weighted by atomic mass is 9.70. The molecule has 2 heterocycles. The van der Waals surface area contributed by atoms with Crippen molar-refractivity contribution in [1.82, 2.24) is 0 Å². The summed E-state index contributed by atoms with van der Waals surface area (Å²) in [6.45, 7) is 12.7. The maximum absolute atomic E-state index is 14.7. The number of thioether (sulfide) groups is 1. The van der Waals surface area contributed by atoms with E-state index in [0.29, 0.717) is 10.8 Å². The highest BCUT2D eigenvalue weighted by Crippen LogP contribution is 2.62. The number of carbonyl (C=O) groups excluding carboxylic acids is 1. The summed E-state index contributed by atoms with van der Waals surface area (Å²) < 4.78 is 6.64. The summed E-state index contributed by atoms with van der Waals surface area (Å²) in [5.41, 5.74) is 4.74. The first-order valence-electron chi connectivity index (χ1n) is 14.6. The van der Waals surface area contributed by atoms with Gasteiger partial charge in [0.05, 0.1) is 0 Å². The van der Waals surface area contributed by atoms with Crippen LogP contribution in [0.3, 0.4) is 0 Å². The fraction of sp³-hybridized carbons (Fsp3) is 0.297. The second-order valence-corrected chi connectivity index (χ2v) is 15.7. The highest BCUT2D eigenvalue weighted by Gasteiger charge is 2.62. The molecule has 4 aromatic carbocycles. The molecule has 0 saturated carbocycles. The number of benzene rings is 4. The Labute approximate surface area is 266 Å². The Hall–Kier alpha value is -3.35. The smallest absolute Gasteiger partial charge is 0.268 e. The van der Waals surface area contributed by atoms with Crippen molar-refractivity contribution in [2.45, 2.75) is 69.1 Å². The zero-order valence-corrected chi connectivity index (χ0v) is 27.7. The van der Waals surface area contributed by atoms with Gasteiger partial charge in [0.1, 0.15) is 22.6 Å². The molecule has 4 nitrogen and oxygen atoms in total. The van der Waals surface area contributed by atoms with Gasteiger partial charge in [0.25, 0.3) is 5.91 Å². The minimum atomic E-state index is -1.13. The van der Waals surface area contributed by atoms with Gasteiger partial charge in [-0.1, -0.05) is 148 Å². The Morgan fingerprint density at radius 1 is 0.814 bits per heavy atom. The van der Waals surface area contributed by atoms with Crippen LogP contribution in [0.25, 0.3) is 0 Å². The quantitative estimate of drug-likeness (QED) is 0.239. The minimum absolute atomic E-state index is 0.216. The second-order valence-electron chi connectivity index (χ2n) is 13.5. The van der Waals surface area contributed by atoms with Gasteiger partial charge in [-0.3, -0.25) is 4.79 Å². The number of hydrogen-bond donors (Lipinski definition) is 1. The topological polar surface area (TPSA) is 58.9 Å². The van der Waals surface area contributed by atoms with E-state index in [9.17, 15) is 9.90 Å². The average molecular weight is 655 g/mol. The molecule has 1 N–H and O–H groups in total. The third-order valence-corrected chi connectivity index (χ3v) is 10.3. The van der Waals surface area contributed by atoms with Crippen LogP contribution in [0.1, 0.15) is 86.9 Å². The van der Waals surface area contributed by atoms with Crippen LogP contribution in [-0.4, -0.2) is 20.8 Å². The lowest BCUT2D eigenvalue weighted by Crippen LogP contribution is -2.49. The van der Waals surface area contributed by atoms with Gasteiger partial charge in [-0.05, 0) is 45.2 Å². The summed E-state index contributed by atoms with van der Waals surface area (Å²) in [6.07, 6.45) is -0.618. The summed E-state index contributed by atoms with van der Waals surface area (Å²) in [6, 6.07) is 30.1. The molecule has 3 atom stereocenters. The van der Waals surface area contributed by atoms with Crippen molar-refractivity contribution in [1.29, 1.82) is 0 Å². The second kappa shape index (κ2) is 10.7. The van der Waals surface area contributed by atoms with Gasteiger partial charge in [0, 0.05) is 21.5 Å². The van der Waals surface area contributed by atoms with Crippen LogP contribution in [0, 0.1) is 0 Å². The van der Waals surface area contributed by atoms with Crippen LogP contribution >= 0.6 is 27.7 Å². The summed E-state index contributed by atoms with van der Waals surface area (Å²) in [5.74, 6) is 0.404. The number of aromatic hydroxyl groups is 1. The van der Waals surface area contributed by atoms with Gasteiger partial charge in [-0.25, -0.2) is 4.99 Å². The largest absolute Gasteiger partial charge is 0.507 e. The van der Waals surface area contributed by atoms with E-state index in [-0.39, 0.29) is 16.7 Å². The van der Waals surface area contributed by atoms with Crippen molar-refractivity contribution in [2.75, 3.05) is 0 Å². The van der Waals surface area contributed by atoms with Gasteiger partial charge >= 0.3 is 0 Å². The molecule has 0 fully saturated rings. The van der Waals surface area contributed by atoms with E-state index in [0.717, 1.165) is 43.6 Å². The molecule has 6 rings (SSSR count). The van der Waals surface area contributed by atoms with Gasteiger partial charge < -0.3 is 9.84 Å². The molecule has 4 aromatic rings. The number of halogens is 1. The Bertz CT molecular complexity index is 1700. The number of rotatable bonds is 3. The van der Waals surface area contributed by atoms with E-state index < -0.39 is 16.8 Å². The van der Waals surface area contributed by atoms with Crippen molar-refractivity contribution in [3.63, 3.8) is 0 Å². The average Bonchev–Trinajstić information content (AvgIpc) is 3.29. The summed E-state index contributed by atoms with van der Waals surface area (Å²) in [7, 11) is 0. The first kappa shape index (κ1) is 29.7. The van der Waals surface area contributed by atoms with Gasteiger partial charge in [-0.2, -0.15) is 0 Å². The molecule has 0 unspecified atom stereocenters. The van der Waals surface area contributed by atoms with Gasteiger partial charge in [0.2, 0.25) is 0 Å². The molecule has 0 aromatic heterocycles. The van der Waals surface area contributed by atoms with E-state index >= 15 is 0 Å². The third-order valence-electron chi connectivity index (χ3n) is 8.36. The summed E-state index contributed by atoms with van der Waals surface area (Å²) >= 11 is 5.15. The van der Waals surface area contributed by atoms with Crippen LogP contribution in [0.2, 0.25) is 0 Å². The number of aliphatic imine (C=N–C) groups is 1. The molecule has 2 aliphatic rings. The standard InChI is InChI=1S/C37H36BrNO3S/c1-35(2,3)27-19-24(20-28(31(27)40)36(4,5)6)30-26-18-17-25(38)21-29(26)42-32(22-13-9-7-10-14-22)37(30)34(41)39-33(43-37)23-15-11-8-12-16-23/h7-21,30,32,40H,1-6H3/t30-,32-,37-/m1/s1. The molecule has 1 amide bonds. The van der Waals surface area contributed by atoms with Crippen molar-refractivity contribution >= 4 is 38.6 Å². The number of fused-ring (bicyclic) bond motifs is 1. The first-order chi connectivity index (χ1) is 20.3. The normalized spacial score (nSPS) is 21.8. The molecule has 0 bridgehead atoms. The predicted molar refractivity (Wildman–Crippen MR) is 180 cm³/mol. The molecule has 2 aliphatic heterocycles. The van der Waals surface area contributed by atoms with Crippen molar-refractivity contribution < 1.29 is 14.6 Å². The number of ether oxygens (including phenoxy) is 1. The zero-order valence-electron chi connectivity index (χ0n) is 25.3. The first-order valence-corrected chi connectivity index (χ1v) is 16.2. The summed E-state index contributed by atoms with van der Waals surface area (Å²) in [4.78, 5) is 19.4.